The van der Waals surface area contributed by atoms with E-state index in [9.17, 15) is 4.79 Å². The Balaban J connectivity index is 1.44. The van der Waals surface area contributed by atoms with Crippen molar-refractivity contribution in [3.63, 3.8) is 0 Å². The summed E-state index contributed by atoms with van der Waals surface area (Å²) in [4.78, 5) is 14.4. The number of amides is 1. The van der Waals surface area contributed by atoms with Crippen LogP contribution in [0.2, 0.25) is 5.02 Å². The highest BCUT2D eigenvalue weighted by molar-refractivity contribution is 6.30. The van der Waals surface area contributed by atoms with Crippen LogP contribution in [0.3, 0.4) is 0 Å². The molecule has 7 heteroatoms. The van der Waals surface area contributed by atoms with Gasteiger partial charge in [-0.1, -0.05) is 23.7 Å². The van der Waals surface area contributed by atoms with Crippen LogP contribution in [0.4, 0.5) is 10.5 Å². The maximum absolute atomic E-state index is 12.7. The molecule has 2 aromatic carbocycles. The van der Waals surface area contributed by atoms with Gasteiger partial charge in [0.25, 0.3) is 0 Å². The van der Waals surface area contributed by atoms with Crippen LogP contribution in [0, 0.1) is 0 Å². The van der Waals surface area contributed by atoms with Crippen LogP contribution >= 0.6 is 11.6 Å². The molecule has 0 aromatic heterocycles. The molecule has 4 rings (SSSR count). The summed E-state index contributed by atoms with van der Waals surface area (Å²) in [5, 5.41) is 2.53. The van der Waals surface area contributed by atoms with E-state index in [1.165, 1.54) is 11.1 Å². The Bertz CT molecular complexity index is 857. The number of ether oxygens (including phenoxy) is 2. The van der Waals surface area contributed by atoms with Gasteiger partial charge in [0, 0.05) is 24.5 Å². The minimum atomic E-state index is -0.340. The highest BCUT2D eigenvalue weighted by Crippen LogP contribution is 2.36. The molecule has 0 aliphatic carbocycles. The lowest BCUT2D eigenvalue weighted by Crippen LogP contribution is -2.38. The fourth-order valence-corrected chi connectivity index (χ4v) is 3.75. The number of hydrogen-bond donors (Lipinski definition) is 1. The van der Waals surface area contributed by atoms with E-state index >= 15 is 0 Å². The largest absolute Gasteiger partial charge is 0.490 e. The molecule has 2 N–H and O–H groups in total. The van der Waals surface area contributed by atoms with Gasteiger partial charge in [-0.2, -0.15) is 0 Å². The second-order valence-electron chi connectivity index (χ2n) is 7.12. The highest BCUT2D eigenvalue weighted by Gasteiger charge is 2.27. The number of carbonyl (C=O) groups excluding carboxylic acids is 1. The summed E-state index contributed by atoms with van der Waals surface area (Å²) in [5.74, 6) is 6.71. The Morgan fingerprint density at radius 2 is 1.82 bits per heavy atom. The summed E-state index contributed by atoms with van der Waals surface area (Å²) in [6, 6.07) is 11.7. The van der Waals surface area contributed by atoms with Gasteiger partial charge in [0.2, 0.25) is 0 Å². The third-order valence-corrected chi connectivity index (χ3v) is 5.48. The molecule has 2 aromatic rings. The van der Waals surface area contributed by atoms with E-state index in [1.54, 1.807) is 4.90 Å². The number of rotatable bonds is 3. The number of halogens is 1. The van der Waals surface area contributed by atoms with Gasteiger partial charge in [-0.05, 0) is 53.8 Å². The van der Waals surface area contributed by atoms with Crippen LogP contribution in [0.1, 0.15) is 16.7 Å². The minimum absolute atomic E-state index is 0.320. The molecule has 0 fully saturated rings. The number of nitrogens with two attached hydrogens (primary N) is 1. The topological polar surface area (TPSA) is 68.0 Å². The molecular weight excluding hydrogens is 378 g/mol. The van der Waals surface area contributed by atoms with Gasteiger partial charge in [0.1, 0.15) is 12.4 Å². The van der Waals surface area contributed by atoms with E-state index in [2.05, 4.69) is 12.1 Å². The van der Waals surface area contributed by atoms with Gasteiger partial charge < -0.3 is 9.47 Å². The number of carbonyl (C=O) groups is 1. The molecule has 2 aliphatic heterocycles. The second-order valence-corrected chi connectivity index (χ2v) is 7.55. The molecule has 6 nitrogen and oxygen atoms in total. The number of anilines is 1. The maximum Gasteiger partial charge on any atom is 0.414 e. The summed E-state index contributed by atoms with van der Waals surface area (Å²) in [7, 11) is 0. The number of fused-ring (bicyclic) bond motifs is 2. The molecule has 0 radical (unpaired) electrons. The summed E-state index contributed by atoms with van der Waals surface area (Å²) in [6.07, 6.45) is 2.05. The van der Waals surface area contributed by atoms with E-state index in [0.29, 0.717) is 31.2 Å². The monoisotopic (exact) mass is 401 g/mol. The first-order valence-corrected chi connectivity index (χ1v) is 9.95. The van der Waals surface area contributed by atoms with Gasteiger partial charge in [-0.3, -0.25) is 10.7 Å². The third-order valence-electron chi connectivity index (χ3n) is 5.23. The lowest BCUT2D eigenvalue weighted by Gasteiger charge is -2.30. The lowest BCUT2D eigenvalue weighted by molar-refractivity contribution is 0.151. The zero-order valence-corrected chi connectivity index (χ0v) is 16.5. The first kappa shape index (κ1) is 19.1. The van der Waals surface area contributed by atoms with Crippen LogP contribution < -0.4 is 15.5 Å². The van der Waals surface area contributed by atoms with Crippen LogP contribution in [0.5, 0.6) is 5.75 Å². The fraction of sp³-hybridized carbons (Fsp3) is 0.381. The van der Waals surface area contributed by atoms with Gasteiger partial charge in [-0.25, -0.2) is 9.80 Å². The summed E-state index contributed by atoms with van der Waals surface area (Å²) < 4.78 is 11.3. The van der Waals surface area contributed by atoms with Crippen molar-refractivity contribution in [3.8, 4) is 5.75 Å². The van der Waals surface area contributed by atoms with Crippen molar-refractivity contribution < 1.29 is 14.3 Å². The van der Waals surface area contributed by atoms with Crippen LogP contribution in [0.15, 0.2) is 36.4 Å². The number of benzene rings is 2. The van der Waals surface area contributed by atoms with Crippen molar-refractivity contribution in [1.82, 2.24) is 5.01 Å². The zero-order chi connectivity index (χ0) is 19.5. The predicted molar refractivity (Wildman–Crippen MR) is 109 cm³/mol. The molecule has 0 saturated carbocycles. The smallest absolute Gasteiger partial charge is 0.414 e. The molecule has 0 saturated heterocycles. The zero-order valence-electron chi connectivity index (χ0n) is 15.7. The standard InChI is InChI=1S/C21H24ClN3O3/c22-18-3-1-15(2-4-18)7-11-28-21(26)25-10-12-27-20-14-17-6-9-24(23)8-5-16(17)13-19(20)25/h1-4,13-14H,5-12,23H2. The van der Waals surface area contributed by atoms with Crippen LogP contribution in [-0.4, -0.2) is 44.0 Å². The Kier molecular flexibility index (Phi) is 5.71. The van der Waals surface area contributed by atoms with Gasteiger partial charge in [0.05, 0.1) is 18.8 Å². The Morgan fingerprint density at radius 3 is 2.57 bits per heavy atom. The SMILES string of the molecule is NN1CCc2cc3c(cc2CC1)N(C(=O)OCCc1ccc(Cl)cc1)CCO3. The van der Waals surface area contributed by atoms with Gasteiger partial charge in [-0.15, -0.1) is 0 Å². The average Bonchev–Trinajstić information content (AvgIpc) is 2.88. The molecule has 0 bridgehead atoms. The van der Waals surface area contributed by atoms with E-state index in [4.69, 9.17) is 26.9 Å². The lowest BCUT2D eigenvalue weighted by atomic mass is 10.0. The molecule has 1 amide bonds. The van der Waals surface area contributed by atoms with Crippen molar-refractivity contribution in [2.24, 2.45) is 5.84 Å². The van der Waals surface area contributed by atoms with E-state index < -0.39 is 0 Å². The first-order valence-electron chi connectivity index (χ1n) is 9.57. The first-order chi connectivity index (χ1) is 13.6. The second kappa shape index (κ2) is 8.39. The predicted octanol–water partition coefficient (Wildman–Crippen LogP) is 3.19. The Morgan fingerprint density at radius 1 is 1.11 bits per heavy atom. The fourth-order valence-electron chi connectivity index (χ4n) is 3.63. The quantitative estimate of drug-likeness (QED) is 0.800. The van der Waals surface area contributed by atoms with Crippen LogP contribution in [-0.2, 0) is 24.0 Å². The summed E-state index contributed by atoms with van der Waals surface area (Å²) in [6.45, 7) is 2.89. The minimum Gasteiger partial charge on any atom is -0.490 e. The van der Waals surface area contributed by atoms with E-state index in [1.807, 2.05) is 29.3 Å². The van der Waals surface area contributed by atoms with Gasteiger partial charge in [0.15, 0.2) is 0 Å². The third kappa shape index (κ3) is 4.24. The molecule has 0 atom stereocenters. The molecule has 2 aliphatic rings. The normalized spacial score (nSPS) is 16.6. The van der Waals surface area contributed by atoms with Crippen LogP contribution in [0.25, 0.3) is 0 Å². The molecular formula is C21H24ClN3O3. The molecule has 2 heterocycles. The molecule has 0 spiro atoms. The van der Waals surface area contributed by atoms with Gasteiger partial charge >= 0.3 is 6.09 Å². The number of nitrogens with zero attached hydrogens (tertiary/aromatic N) is 2. The Labute approximate surface area is 169 Å². The maximum atomic E-state index is 12.7. The van der Waals surface area contributed by atoms with Crippen molar-refractivity contribution >= 4 is 23.4 Å². The average molecular weight is 402 g/mol. The highest BCUT2D eigenvalue weighted by atomic mass is 35.5. The summed E-state index contributed by atoms with van der Waals surface area (Å²) >= 11 is 5.90. The van der Waals surface area contributed by atoms with Crippen molar-refractivity contribution in [2.45, 2.75) is 19.3 Å². The molecule has 0 unspecified atom stereocenters. The van der Waals surface area contributed by atoms with Crippen molar-refractivity contribution in [2.75, 3.05) is 37.7 Å². The molecule has 148 valence electrons. The number of hydrazine groups is 1. The molecule has 28 heavy (non-hydrogen) atoms. The number of hydrogen-bond acceptors (Lipinski definition) is 5. The summed E-state index contributed by atoms with van der Waals surface area (Å²) in [5.41, 5.74) is 4.32. The van der Waals surface area contributed by atoms with E-state index in [0.717, 1.165) is 42.9 Å². The van der Waals surface area contributed by atoms with Crippen molar-refractivity contribution in [1.29, 1.82) is 0 Å². The van der Waals surface area contributed by atoms with E-state index in [-0.39, 0.29) is 6.09 Å². The Hall–Kier alpha value is -2.28. The van der Waals surface area contributed by atoms with Crippen molar-refractivity contribution in [3.05, 3.63) is 58.1 Å².